The summed E-state index contributed by atoms with van der Waals surface area (Å²) in [6.45, 7) is 9.50. The van der Waals surface area contributed by atoms with E-state index < -0.39 is 0 Å². The topological polar surface area (TPSA) is 74.9 Å². The van der Waals surface area contributed by atoms with E-state index in [1.165, 1.54) is 0 Å². The molecule has 25 heavy (non-hydrogen) atoms. The van der Waals surface area contributed by atoms with Crippen LogP contribution in [0.1, 0.15) is 19.7 Å². The summed E-state index contributed by atoms with van der Waals surface area (Å²) in [7, 11) is 0. The summed E-state index contributed by atoms with van der Waals surface area (Å²) >= 11 is 0. The number of ether oxygens (including phenoxy) is 1. The van der Waals surface area contributed by atoms with Crippen molar-refractivity contribution in [3.05, 3.63) is 30.2 Å². The van der Waals surface area contributed by atoms with Gasteiger partial charge in [0.2, 0.25) is 11.7 Å². The van der Waals surface area contributed by atoms with Gasteiger partial charge in [0.1, 0.15) is 5.75 Å². The lowest BCUT2D eigenvalue weighted by Crippen LogP contribution is -2.47. The summed E-state index contributed by atoms with van der Waals surface area (Å²) in [5.74, 6) is 1.95. The largest absolute Gasteiger partial charge is 0.493 e. The van der Waals surface area contributed by atoms with Gasteiger partial charge in [-0.15, -0.1) is 0 Å². The first-order valence-corrected chi connectivity index (χ1v) is 8.83. The molecule has 1 atom stereocenters. The highest BCUT2D eigenvalue weighted by molar-refractivity contribution is 5.63. The Labute approximate surface area is 148 Å². The first-order chi connectivity index (χ1) is 12.2. The standard InChI is InChI=1S/C18H26N4O3/c1-3-24-16-7-5-4-6-15(16)18-19-17(25-20-18)13-22-10-8-21(9-11-22)12-14(2)23/h4-7,14,23H,3,8-13H2,1-2H3/t14-/m0/s1. The second-order valence-electron chi connectivity index (χ2n) is 6.37. The van der Waals surface area contributed by atoms with E-state index in [9.17, 15) is 5.11 Å². The number of piperazine rings is 1. The zero-order chi connectivity index (χ0) is 17.6. The van der Waals surface area contributed by atoms with Crippen LogP contribution in [0.2, 0.25) is 0 Å². The molecular formula is C18H26N4O3. The molecule has 7 heteroatoms. The van der Waals surface area contributed by atoms with Crippen LogP contribution in [0.3, 0.4) is 0 Å². The maximum Gasteiger partial charge on any atom is 0.241 e. The Balaban J connectivity index is 1.60. The molecule has 0 amide bonds. The number of nitrogens with zero attached hydrogens (tertiary/aromatic N) is 4. The van der Waals surface area contributed by atoms with Gasteiger partial charge in [-0.05, 0) is 26.0 Å². The fourth-order valence-electron chi connectivity index (χ4n) is 3.06. The molecule has 0 saturated carbocycles. The first kappa shape index (κ1) is 17.8. The molecule has 0 bridgehead atoms. The quantitative estimate of drug-likeness (QED) is 0.817. The summed E-state index contributed by atoms with van der Waals surface area (Å²) < 4.78 is 11.1. The minimum absolute atomic E-state index is 0.282. The van der Waals surface area contributed by atoms with Crippen molar-refractivity contribution < 1.29 is 14.4 Å². The van der Waals surface area contributed by atoms with Gasteiger partial charge < -0.3 is 14.4 Å². The van der Waals surface area contributed by atoms with Crippen LogP contribution in [-0.2, 0) is 6.54 Å². The van der Waals surface area contributed by atoms with E-state index >= 15 is 0 Å². The van der Waals surface area contributed by atoms with Crippen molar-refractivity contribution in [1.29, 1.82) is 0 Å². The van der Waals surface area contributed by atoms with Gasteiger partial charge in [0.15, 0.2) is 0 Å². The lowest BCUT2D eigenvalue weighted by atomic mass is 10.2. The van der Waals surface area contributed by atoms with Crippen LogP contribution in [0.5, 0.6) is 5.75 Å². The number of hydrogen-bond acceptors (Lipinski definition) is 7. The zero-order valence-electron chi connectivity index (χ0n) is 14.9. The Morgan fingerprint density at radius 3 is 2.64 bits per heavy atom. The van der Waals surface area contributed by atoms with Crippen LogP contribution in [0.25, 0.3) is 11.4 Å². The van der Waals surface area contributed by atoms with Gasteiger partial charge in [-0.3, -0.25) is 9.80 Å². The fourth-order valence-corrected chi connectivity index (χ4v) is 3.06. The highest BCUT2D eigenvalue weighted by atomic mass is 16.5. The normalized spacial score (nSPS) is 17.6. The van der Waals surface area contributed by atoms with Gasteiger partial charge in [0.05, 0.1) is 24.8 Å². The van der Waals surface area contributed by atoms with Crippen LogP contribution in [0.15, 0.2) is 28.8 Å². The predicted octanol–water partition coefficient (Wildman–Crippen LogP) is 1.63. The van der Waals surface area contributed by atoms with E-state index in [0.717, 1.165) is 44.0 Å². The van der Waals surface area contributed by atoms with Crippen LogP contribution in [0, 0.1) is 0 Å². The fraction of sp³-hybridized carbons (Fsp3) is 0.556. The number of benzene rings is 1. The molecular weight excluding hydrogens is 320 g/mol. The molecule has 1 fully saturated rings. The second-order valence-corrected chi connectivity index (χ2v) is 6.37. The number of hydrogen-bond donors (Lipinski definition) is 1. The number of β-amino-alcohol motifs (C(OH)–C–C–N with tert-alkyl or cyclic N) is 1. The Hall–Kier alpha value is -1.96. The number of aliphatic hydroxyl groups excluding tert-OH is 1. The lowest BCUT2D eigenvalue weighted by Gasteiger charge is -2.34. The Morgan fingerprint density at radius 2 is 1.92 bits per heavy atom. The molecule has 136 valence electrons. The van der Waals surface area contributed by atoms with Crippen LogP contribution in [0.4, 0.5) is 0 Å². The van der Waals surface area contributed by atoms with E-state index in [1.807, 2.05) is 38.1 Å². The van der Waals surface area contributed by atoms with E-state index in [0.29, 0.717) is 24.9 Å². The smallest absolute Gasteiger partial charge is 0.241 e. The molecule has 1 aromatic heterocycles. The minimum Gasteiger partial charge on any atom is -0.493 e. The molecule has 1 saturated heterocycles. The molecule has 7 nitrogen and oxygen atoms in total. The van der Waals surface area contributed by atoms with Crippen molar-refractivity contribution in [3.8, 4) is 17.1 Å². The van der Waals surface area contributed by atoms with Crippen molar-refractivity contribution in [2.45, 2.75) is 26.5 Å². The summed E-state index contributed by atoms with van der Waals surface area (Å²) in [4.78, 5) is 9.10. The summed E-state index contributed by atoms with van der Waals surface area (Å²) in [5, 5.41) is 13.6. The predicted molar refractivity (Wildman–Crippen MR) is 94.3 cm³/mol. The van der Waals surface area contributed by atoms with Gasteiger partial charge >= 0.3 is 0 Å². The molecule has 3 rings (SSSR count). The zero-order valence-corrected chi connectivity index (χ0v) is 14.9. The maximum absolute atomic E-state index is 9.48. The van der Waals surface area contributed by atoms with Gasteiger partial charge in [-0.25, -0.2) is 0 Å². The van der Waals surface area contributed by atoms with Crippen molar-refractivity contribution in [1.82, 2.24) is 19.9 Å². The minimum atomic E-state index is -0.282. The molecule has 0 spiro atoms. The SMILES string of the molecule is CCOc1ccccc1-c1noc(CN2CCN(C[C@H](C)O)CC2)n1. The van der Waals surface area contributed by atoms with Crippen LogP contribution >= 0.6 is 0 Å². The lowest BCUT2D eigenvalue weighted by molar-refractivity contribution is 0.0737. The molecule has 1 aliphatic rings. The average molecular weight is 346 g/mol. The van der Waals surface area contributed by atoms with Gasteiger partial charge in [0.25, 0.3) is 0 Å². The molecule has 2 aromatic rings. The van der Waals surface area contributed by atoms with Gasteiger partial charge in [0, 0.05) is 32.7 Å². The molecule has 2 heterocycles. The number of para-hydroxylation sites is 1. The van der Waals surface area contributed by atoms with Crippen molar-refractivity contribution in [3.63, 3.8) is 0 Å². The second kappa shape index (κ2) is 8.42. The molecule has 1 aliphatic heterocycles. The maximum atomic E-state index is 9.48. The van der Waals surface area contributed by atoms with Crippen molar-refractivity contribution in [2.24, 2.45) is 0 Å². The van der Waals surface area contributed by atoms with E-state index in [2.05, 4.69) is 19.9 Å². The summed E-state index contributed by atoms with van der Waals surface area (Å²) in [5.41, 5.74) is 0.848. The number of aliphatic hydroxyl groups is 1. The highest BCUT2D eigenvalue weighted by Gasteiger charge is 2.20. The first-order valence-electron chi connectivity index (χ1n) is 8.83. The third-order valence-corrected chi connectivity index (χ3v) is 4.24. The molecule has 0 radical (unpaired) electrons. The van der Waals surface area contributed by atoms with Crippen molar-refractivity contribution >= 4 is 0 Å². The third kappa shape index (κ3) is 4.78. The monoisotopic (exact) mass is 346 g/mol. The van der Waals surface area contributed by atoms with Gasteiger partial charge in [-0.2, -0.15) is 4.98 Å². The Kier molecular flexibility index (Phi) is 6.01. The van der Waals surface area contributed by atoms with Crippen molar-refractivity contribution in [2.75, 3.05) is 39.3 Å². The Morgan fingerprint density at radius 1 is 1.20 bits per heavy atom. The summed E-state index contributed by atoms with van der Waals surface area (Å²) in [6.07, 6.45) is -0.282. The van der Waals surface area contributed by atoms with E-state index in [4.69, 9.17) is 9.26 Å². The molecule has 0 aliphatic carbocycles. The number of aromatic nitrogens is 2. The Bertz CT molecular complexity index is 666. The average Bonchev–Trinajstić information content (AvgIpc) is 3.05. The molecule has 0 unspecified atom stereocenters. The highest BCUT2D eigenvalue weighted by Crippen LogP contribution is 2.27. The van der Waals surface area contributed by atoms with Gasteiger partial charge in [-0.1, -0.05) is 17.3 Å². The van der Waals surface area contributed by atoms with E-state index in [-0.39, 0.29) is 6.10 Å². The third-order valence-electron chi connectivity index (χ3n) is 4.24. The van der Waals surface area contributed by atoms with Crippen LogP contribution in [-0.4, -0.2) is 70.5 Å². The molecule has 1 N–H and O–H groups in total. The van der Waals surface area contributed by atoms with E-state index in [1.54, 1.807) is 0 Å². The van der Waals surface area contributed by atoms with Crippen LogP contribution < -0.4 is 4.74 Å². The summed E-state index contributed by atoms with van der Waals surface area (Å²) in [6, 6.07) is 7.72. The number of rotatable bonds is 7. The molecule has 1 aromatic carbocycles.